The average Bonchev–Trinajstić information content (AvgIpc) is 3.37. The highest BCUT2D eigenvalue weighted by atomic mass is 32.2. The Labute approximate surface area is 163 Å². The van der Waals surface area contributed by atoms with E-state index in [0.717, 1.165) is 11.8 Å². The summed E-state index contributed by atoms with van der Waals surface area (Å²) in [6, 6.07) is 13.0. The highest BCUT2D eigenvalue weighted by Gasteiger charge is 2.33. The molecule has 0 bridgehead atoms. The first-order chi connectivity index (χ1) is 13.0. The lowest BCUT2D eigenvalue weighted by Gasteiger charge is -2.14. The van der Waals surface area contributed by atoms with Crippen molar-refractivity contribution in [2.75, 3.05) is 4.90 Å². The molecule has 4 rings (SSSR count). The lowest BCUT2D eigenvalue weighted by molar-refractivity contribution is -0.113. The Morgan fingerprint density at radius 2 is 1.89 bits per heavy atom. The van der Waals surface area contributed by atoms with Crippen molar-refractivity contribution >= 4 is 51.9 Å². The van der Waals surface area contributed by atoms with Crippen molar-refractivity contribution < 1.29 is 23.5 Å². The number of carbonyl (C=O) groups excluding carboxylic acids is 1. The van der Waals surface area contributed by atoms with Crippen LogP contribution in [-0.4, -0.2) is 21.3 Å². The van der Waals surface area contributed by atoms with E-state index >= 15 is 0 Å². The second-order valence-electron chi connectivity index (χ2n) is 5.55. The maximum Gasteiger partial charge on any atom is 0.335 e. The van der Waals surface area contributed by atoms with E-state index in [9.17, 15) is 9.59 Å². The van der Waals surface area contributed by atoms with E-state index in [1.54, 1.807) is 48.7 Å². The van der Waals surface area contributed by atoms with Crippen molar-refractivity contribution in [2.45, 2.75) is 0 Å². The Morgan fingerprint density at radius 3 is 2.56 bits per heavy atom. The molecule has 3 heterocycles. The number of thioether (sulfide) groups is 1. The molecule has 2 aromatic heterocycles. The molecule has 0 unspecified atom stereocenters. The summed E-state index contributed by atoms with van der Waals surface area (Å²) < 4.78 is 11.3. The fourth-order valence-corrected chi connectivity index (χ4v) is 3.83. The molecular weight excluding hydrogens is 386 g/mol. The van der Waals surface area contributed by atoms with E-state index in [-0.39, 0.29) is 11.5 Å². The van der Waals surface area contributed by atoms with E-state index < -0.39 is 5.97 Å². The molecule has 8 heteroatoms. The molecular formula is C19H11NO5S2. The van der Waals surface area contributed by atoms with Gasteiger partial charge in [0.1, 0.15) is 5.76 Å². The first-order valence-corrected chi connectivity index (χ1v) is 9.00. The zero-order valence-electron chi connectivity index (χ0n) is 13.6. The van der Waals surface area contributed by atoms with Crippen molar-refractivity contribution in [1.82, 2.24) is 0 Å². The van der Waals surface area contributed by atoms with Gasteiger partial charge in [-0.1, -0.05) is 24.0 Å². The quantitative estimate of drug-likeness (QED) is 0.507. The summed E-state index contributed by atoms with van der Waals surface area (Å²) in [6.07, 6.45) is 3.18. The third-order valence-electron chi connectivity index (χ3n) is 3.83. The fraction of sp³-hybridized carbons (Fsp3) is 0. The largest absolute Gasteiger partial charge is 0.478 e. The Morgan fingerprint density at radius 1 is 1.11 bits per heavy atom. The molecule has 1 amide bonds. The van der Waals surface area contributed by atoms with Gasteiger partial charge in [0, 0.05) is 6.08 Å². The van der Waals surface area contributed by atoms with Crippen LogP contribution in [0.4, 0.5) is 5.69 Å². The van der Waals surface area contributed by atoms with E-state index in [1.165, 1.54) is 17.0 Å². The van der Waals surface area contributed by atoms with Crippen molar-refractivity contribution in [3.05, 3.63) is 71.0 Å². The molecule has 3 aromatic rings. The van der Waals surface area contributed by atoms with Crippen LogP contribution in [0.15, 0.2) is 68.5 Å². The molecule has 27 heavy (non-hydrogen) atoms. The Balaban J connectivity index is 1.59. The minimum absolute atomic E-state index is 0.140. The number of hydrogen-bond acceptors (Lipinski definition) is 6. The van der Waals surface area contributed by atoms with Crippen molar-refractivity contribution in [1.29, 1.82) is 0 Å². The number of carboxylic acids is 1. The van der Waals surface area contributed by atoms with Crippen molar-refractivity contribution in [2.24, 2.45) is 0 Å². The van der Waals surface area contributed by atoms with E-state index in [4.69, 9.17) is 26.2 Å². The van der Waals surface area contributed by atoms with Gasteiger partial charge in [-0.15, -0.1) is 0 Å². The minimum atomic E-state index is -1.03. The number of aromatic carboxylic acids is 1. The Hall–Kier alpha value is -3.10. The SMILES string of the molecule is O=C(O)c1ccc(N2C(=O)C(=Cc3ccc(-c4ccco4)o3)SC2=S)cc1. The first kappa shape index (κ1) is 17.3. The number of thiocarbonyl (C=S) groups is 1. The van der Waals surface area contributed by atoms with Crippen LogP contribution in [0.2, 0.25) is 0 Å². The third kappa shape index (κ3) is 3.32. The van der Waals surface area contributed by atoms with Crippen LogP contribution in [-0.2, 0) is 4.79 Å². The van der Waals surface area contributed by atoms with E-state index in [0.29, 0.717) is 32.2 Å². The van der Waals surface area contributed by atoms with Crippen LogP contribution in [0.3, 0.4) is 0 Å². The number of nitrogens with zero attached hydrogens (tertiary/aromatic N) is 1. The predicted molar refractivity (Wildman–Crippen MR) is 105 cm³/mol. The lowest BCUT2D eigenvalue weighted by atomic mass is 10.2. The van der Waals surface area contributed by atoms with Crippen LogP contribution < -0.4 is 4.90 Å². The van der Waals surface area contributed by atoms with E-state index in [1.807, 2.05) is 0 Å². The van der Waals surface area contributed by atoms with Crippen molar-refractivity contribution in [3.8, 4) is 11.5 Å². The second kappa shape index (κ2) is 6.90. The third-order valence-corrected chi connectivity index (χ3v) is 5.13. The number of furan rings is 2. The van der Waals surface area contributed by atoms with Crippen LogP contribution >= 0.6 is 24.0 Å². The average molecular weight is 397 g/mol. The maximum absolute atomic E-state index is 12.7. The van der Waals surface area contributed by atoms with E-state index in [2.05, 4.69) is 0 Å². The number of benzene rings is 1. The zero-order chi connectivity index (χ0) is 19.0. The molecule has 0 radical (unpaired) electrons. The first-order valence-electron chi connectivity index (χ1n) is 7.78. The molecule has 1 fully saturated rings. The maximum atomic E-state index is 12.7. The van der Waals surface area contributed by atoms with Crippen LogP contribution in [0.25, 0.3) is 17.6 Å². The zero-order valence-corrected chi connectivity index (χ0v) is 15.3. The number of carboxylic acid groups (broad SMARTS) is 1. The molecule has 0 saturated carbocycles. The molecule has 134 valence electrons. The number of anilines is 1. The van der Waals surface area contributed by atoms with Crippen LogP contribution in [0.5, 0.6) is 0 Å². The predicted octanol–water partition coefficient (Wildman–Crippen LogP) is 4.64. The summed E-state index contributed by atoms with van der Waals surface area (Å²) in [7, 11) is 0. The molecule has 0 spiro atoms. The Kier molecular flexibility index (Phi) is 4.43. The molecule has 6 nitrogen and oxygen atoms in total. The van der Waals surface area contributed by atoms with Gasteiger partial charge in [0.2, 0.25) is 0 Å². The summed E-state index contributed by atoms with van der Waals surface area (Å²) in [5.74, 6) is 0.343. The number of rotatable bonds is 4. The molecule has 1 aliphatic heterocycles. The second-order valence-corrected chi connectivity index (χ2v) is 7.22. The normalized spacial score (nSPS) is 15.7. The summed E-state index contributed by atoms with van der Waals surface area (Å²) >= 11 is 6.47. The van der Waals surface area contributed by atoms with Crippen molar-refractivity contribution in [3.63, 3.8) is 0 Å². The smallest absolute Gasteiger partial charge is 0.335 e. The van der Waals surface area contributed by atoms with Gasteiger partial charge in [0.05, 0.1) is 22.4 Å². The van der Waals surface area contributed by atoms with Gasteiger partial charge >= 0.3 is 5.97 Å². The fourth-order valence-electron chi connectivity index (χ4n) is 2.55. The highest BCUT2D eigenvalue weighted by molar-refractivity contribution is 8.27. The number of amides is 1. The summed E-state index contributed by atoms with van der Waals surface area (Å²) in [6.45, 7) is 0. The highest BCUT2D eigenvalue weighted by Crippen LogP contribution is 2.36. The monoisotopic (exact) mass is 397 g/mol. The standard InChI is InChI=1S/C19H11NO5S2/c21-17-16(10-13-7-8-15(25-13)14-2-1-9-24-14)27-19(26)20(17)12-5-3-11(4-6-12)18(22)23/h1-10H,(H,22,23). The molecule has 1 saturated heterocycles. The Bertz CT molecular complexity index is 1060. The summed E-state index contributed by atoms with van der Waals surface area (Å²) in [4.78, 5) is 25.5. The van der Waals surface area contributed by atoms with Gasteiger partial charge < -0.3 is 13.9 Å². The van der Waals surface area contributed by atoms with Gasteiger partial charge in [-0.3, -0.25) is 9.69 Å². The molecule has 1 N–H and O–H groups in total. The molecule has 0 atom stereocenters. The summed E-state index contributed by atoms with van der Waals surface area (Å²) in [5, 5.41) is 8.99. The molecule has 1 aromatic carbocycles. The van der Waals surface area contributed by atoms with Crippen LogP contribution in [0, 0.1) is 0 Å². The number of hydrogen-bond donors (Lipinski definition) is 1. The minimum Gasteiger partial charge on any atom is -0.478 e. The van der Waals surface area contributed by atoms with Crippen LogP contribution in [0.1, 0.15) is 16.1 Å². The van der Waals surface area contributed by atoms with Gasteiger partial charge in [-0.25, -0.2) is 4.79 Å². The van der Waals surface area contributed by atoms with Gasteiger partial charge in [-0.2, -0.15) is 0 Å². The van der Waals surface area contributed by atoms with Gasteiger partial charge in [0.15, 0.2) is 15.8 Å². The van der Waals surface area contributed by atoms with Gasteiger partial charge in [0.25, 0.3) is 5.91 Å². The number of carbonyl (C=O) groups is 2. The lowest BCUT2D eigenvalue weighted by Crippen LogP contribution is -2.27. The topological polar surface area (TPSA) is 83.9 Å². The summed E-state index contributed by atoms with van der Waals surface area (Å²) in [5.41, 5.74) is 0.655. The van der Waals surface area contributed by atoms with Gasteiger partial charge in [-0.05, 0) is 48.5 Å². The molecule has 1 aliphatic rings. The molecule has 0 aliphatic carbocycles.